The Kier molecular flexibility index (Phi) is 2.45. The van der Waals surface area contributed by atoms with E-state index in [4.69, 9.17) is 0 Å². The molecule has 19 heavy (non-hydrogen) atoms. The Labute approximate surface area is 112 Å². The Balaban J connectivity index is 1.56. The van der Waals surface area contributed by atoms with Crippen LogP contribution in [-0.4, -0.2) is 36.1 Å². The van der Waals surface area contributed by atoms with Gasteiger partial charge in [-0.25, -0.2) is 9.97 Å². The number of rotatable bonds is 1. The van der Waals surface area contributed by atoms with Crippen LogP contribution in [0, 0.1) is 5.41 Å². The molecule has 1 aromatic heterocycles. The summed E-state index contributed by atoms with van der Waals surface area (Å²) >= 11 is 0. The lowest BCUT2D eigenvalue weighted by Gasteiger charge is -2.52. The van der Waals surface area contributed by atoms with Crippen LogP contribution in [0.1, 0.15) is 12.8 Å². The van der Waals surface area contributed by atoms with Crippen LogP contribution in [0.2, 0.25) is 0 Å². The van der Waals surface area contributed by atoms with Crippen LogP contribution in [0.5, 0.6) is 0 Å². The number of anilines is 1. The lowest BCUT2D eigenvalue weighted by molar-refractivity contribution is 0.148. The van der Waals surface area contributed by atoms with Gasteiger partial charge in [-0.2, -0.15) is 0 Å². The predicted octanol–water partition coefficient (Wildman–Crippen LogP) is 1.82. The van der Waals surface area contributed by atoms with Crippen molar-refractivity contribution in [2.75, 3.05) is 31.1 Å². The zero-order valence-corrected chi connectivity index (χ0v) is 11.0. The lowest BCUT2D eigenvalue weighted by atomic mass is 9.72. The number of para-hydroxylation sites is 1. The summed E-state index contributed by atoms with van der Waals surface area (Å²) in [4.78, 5) is 11.5. The number of piperidine rings is 1. The first-order valence-electron chi connectivity index (χ1n) is 7.02. The Morgan fingerprint density at radius 1 is 1.11 bits per heavy atom. The second kappa shape index (κ2) is 4.17. The highest BCUT2D eigenvalue weighted by molar-refractivity contribution is 5.78. The minimum Gasteiger partial charge on any atom is -0.340 e. The van der Waals surface area contributed by atoms with Gasteiger partial charge >= 0.3 is 0 Å². The fraction of sp³-hybridized carbons (Fsp3) is 0.467. The largest absolute Gasteiger partial charge is 0.340 e. The van der Waals surface area contributed by atoms with E-state index in [0.29, 0.717) is 5.41 Å². The minimum absolute atomic E-state index is 0.528. The van der Waals surface area contributed by atoms with Crippen molar-refractivity contribution in [1.82, 2.24) is 15.3 Å². The Morgan fingerprint density at radius 2 is 1.89 bits per heavy atom. The topological polar surface area (TPSA) is 41.1 Å². The van der Waals surface area contributed by atoms with Crippen LogP contribution in [-0.2, 0) is 0 Å². The monoisotopic (exact) mass is 254 g/mol. The molecule has 2 aliphatic rings. The first-order chi connectivity index (χ1) is 9.35. The molecule has 0 bridgehead atoms. The van der Waals surface area contributed by atoms with Crippen molar-refractivity contribution >= 4 is 16.9 Å². The van der Waals surface area contributed by atoms with Gasteiger partial charge in [-0.15, -0.1) is 0 Å². The highest BCUT2D eigenvalue weighted by Gasteiger charge is 2.44. The maximum atomic E-state index is 4.67. The molecule has 1 N–H and O–H groups in total. The Hall–Kier alpha value is -1.68. The number of aromatic nitrogens is 2. The normalized spacial score (nSPS) is 21.6. The predicted molar refractivity (Wildman–Crippen MR) is 76.3 cm³/mol. The molecule has 4 rings (SSSR count). The SMILES string of the molecule is c1ccc2nc(N3CC4(CCNCC4)C3)ncc2c1. The van der Waals surface area contributed by atoms with Gasteiger partial charge in [-0.1, -0.05) is 18.2 Å². The van der Waals surface area contributed by atoms with Crippen LogP contribution in [0.15, 0.2) is 30.5 Å². The van der Waals surface area contributed by atoms with Crippen molar-refractivity contribution in [2.45, 2.75) is 12.8 Å². The smallest absolute Gasteiger partial charge is 0.225 e. The Bertz CT molecular complexity index is 596. The lowest BCUT2D eigenvalue weighted by Crippen LogP contribution is -2.60. The van der Waals surface area contributed by atoms with E-state index in [9.17, 15) is 0 Å². The maximum Gasteiger partial charge on any atom is 0.225 e. The van der Waals surface area contributed by atoms with Gasteiger partial charge in [-0.05, 0) is 32.0 Å². The van der Waals surface area contributed by atoms with E-state index < -0.39 is 0 Å². The quantitative estimate of drug-likeness (QED) is 0.843. The molecule has 2 saturated heterocycles. The second-order valence-electron chi connectivity index (χ2n) is 5.83. The van der Waals surface area contributed by atoms with Gasteiger partial charge in [0, 0.05) is 30.1 Å². The summed E-state index contributed by atoms with van der Waals surface area (Å²) in [5.41, 5.74) is 1.57. The van der Waals surface area contributed by atoms with Gasteiger partial charge in [0.1, 0.15) is 0 Å². The van der Waals surface area contributed by atoms with Crippen LogP contribution in [0.4, 0.5) is 5.95 Å². The minimum atomic E-state index is 0.528. The summed E-state index contributed by atoms with van der Waals surface area (Å²) in [6.07, 6.45) is 4.51. The summed E-state index contributed by atoms with van der Waals surface area (Å²) in [5, 5.41) is 4.55. The molecule has 2 fully saturated rings. The number of fused-ring (bicyclic) bond motifs is 1. The molecule has 0 aliphatic carbocycles. The van der Waals surface area contributed by atoms with Crippen molar-refractivity contribution in [3.05, 3.63) is 30.5 Å². The van der Waals surface area contributed by atoms with Gasteiger partial charge in [0.25, 0.3) is 0 Å². The molecule has 0 atom stereocenters. The van der Waals surface area contributed by atoms with Crippen LogP contribution < -0.4 is 10.2 Å². The van der Waals surface area contributed by atoms with Crippen LogP contribution in [0.3, 0.4) is 0 Å². The molecule has 4 heteroatoms. The summed E-state index contributed by atoms with van der Waals surface area (Å²) in [6, 6.07) is 8.17. The number of benzene rings is 1. The summed E-state index contributed by atoms with van der Waals surface area (Å²) in [5.74, 6) is 0.892. The van der Waals surface area contributed by atoms with E-state index in [2.05, 4.69) is 32.3 Å². The fourth-order valence-corrected chi connectivity index (χ4v) is 3.29. The van der Waals surface area contributed by atoms with Gasteiger partial charge in [0.15, 0.2) is 0 Å². The third-order valence-corrected chi connectivity index (χ3v) is 4.48. The van der Waals surface area contributed by atoms with E-state index in [-0.39, 0.29) is 0 Å². The molecule has 0 radical (unpaired) electrons. The van der Waals surface area contributed by atoms with Crippen molar-refractivity contribution < 1.29 is 0 Å². The fourth-order valence-electron chi connectivity index (χ4n) is 3.29. The highest BCUT2D eigenvalue weighted by Crippen LogP contribution is 2.40. The van der Waals surface area contributed by atoms with Crippen molar-refractivity contribution in [1.29, 1.82) is 0 Å². The molecule has 0 amide bonds. The highest BCUT2D eigenvalue weighted by atomic mass is 15.3. The van der Waals surface area contributed by atoms with Crippen molar-refractivity contribution in [3.63, 3.8) is 0 Å². The van der Waals surface area contributed by atoms with Crippen molar-refractivity contribution in [3.8, 4) is 0 Å². The summed E-state index contributed by atoms with van der Waals surface area (Å²) in [6.45, 7) is 4.55. The number of nitrogens with zero attached hydrogens (tertiary/aromatic N) is 3. The van der Waals surface area contributed by atoms with Gasteiger partial charge in [0.05, 0.1) is 5.52 Å². The van der Waals surface area contributed by atoms with Crippen LogP contribution in [0.25, 0.3) is 10.9 Å². The average Bonchev–Trinajstić information content (AvgIpc) is 2.45. The molecule has 2 aromatic rings. The van der Waals surface area contributed by atoms with E-state index in [1.807, 2.05) is 18.3 Å². The van der Waals surface area contributed by atoms with Gasteiger partial charge < -0.3 is 10.2 Å². The Morgan fingerprint density at radius 3 is 2.74 bits per heavy atom. The van der Waals surface area contributed by atoms with Crippen LogP contribution >= 0.6 is 0 Å². The summed E-state index contributed by atoms with van der Waals surface area (Å²) in [7, 11) is 0. The summed E-state index contributed by atoms with van der Waals surface area (Å²) < 4.78 is 0. The van der Waals surface area contributed by atoms with Gasteiger partial charge in [0.2, 0.25) is 5.95 Å². The first kappa shape index (κ1) is 11.2. The molecule has 0 saturated carbocycles. The average molecular weight is 254 g/mol. The first-order valence-corrected chi connectivity index (χ1v) is 7.02. The molecule has 1 aromatic carbocycles. The van der Waals surface area contributed by atoms with Gasteiger partial charge in [-0.3, -0.25) is 0 Å². The second-order valence-corrected chi connectivity index (χ2v) is 5.83. The van der Waals surface area contributed by atoms with E-state index >= 15 is 0 Å². The molecule has 2 aliphatic heterocycles. The van der Waals surface area contributed by atoms with Crippen molar-refractivity contribution in [2.24, 2.45) is 5.41 Å². The number of nitrogens with one attached hydrogen (secondary N) is 1. The zero-order chi connectivity index (χ0) is 12.7. The zero-order valence-electron chi connectivity index (χ0n) is 11.0. The van der Waals surface area contributed by atoms with E-state index in [1.54, 1.807) is 0 Å². The molecule has 98 valence electrons. The maximum absolute atomic E-state index is 4.67. The number of hydrogen-bond donors (Lipinski definition) is 1. The molecule has 3 heterocycles. The molecular weight excluding hydrogens is 236 g/mol. The molecular formula is C15H18N4. The third kappa shape index (κ3) is 1.87. The molecule has 1 spiro atoms. The standard InChI is InChI=1S/C15H18N4/c1-2-4-13-12(3-1)9-17-14(18-13)19-10-15(11-19)5-7-16-8-6-15/h1-4,9,16H,5-8,10-11H2. The molecule has 0 unspecified atom stereocenters. The van der Waals surface area contributed by atoms with E-state index in [1.165, 1.54) is 12.8 Å². The third-order valence-electron chi connectivity index (χ3n) is 4.48. The molecule has 4 nitrogen and oxygen atoms in total. The van der Waals surface area contributed by atoms with E-state index in [0.717, 1.165) is 43.0 Å². The number of hydrogen-bond acceptors (Lipinski definition) is 4.